The number of morpholine rings is 1. The monoisotopic (exact) mass is 317 g/mol. The van der Waals surface area contributed by atoms with Gasteiger partial charge in [0.15, 0.2) is 6.29 Å². The summed E-state index contributed by atoms with van der Waals surface area (Å²) in [6, 6.07) is 0. The molecule has 0 N–H and O–H groups in total. The number of rotatable bonds is 7. The Kier molecular flexibility index (Phi) is 6.36. The molecule has 1 aliphatic heterocycles. The largest absolute Gasteiger partial charge is 0.378 e. The minimum Gasteiger partial charge on any atom is -0.378 e. The normalized spacial score (nSPS) is 15.7. The van der Waals surface area contributed by atoms with E-state index in [9.17, 15) is 4.79 Å². The molecule has 0 saturated carbocycles. The van der Waals surface area contributed by atoms with Crippen LogP contribution < -0.4 is 0 Å². The lowest BCUT2D eigenvalue weighted by Gasteiger charge is -2.26. The summed E-state index contributed by atoms with van der Waals surface area (Å²) in [6.45, 7) is 2.84. The van der Waals surface area contributed by atoms with E-state index in [1.165, 1.54) is 11.8 Å². The van der Waals surface area contributed by atoms with E-state index in [0.717, 1.165) is 0 Å². The van der Waals surface area contributed by atoms with Crippen molar-refractivity contribution in [2.24, 2.45) is 0 Å². The highest BCUT2D eigenvalue weighted by Crippen LogP contribution is 2.15. The van der Waals surface area contributed by atoms with Crippen molar-refractivity contribution in [3.05, 3.63) is 0 Å². The van der Waals surface area contributed by atoms with E-state index < -0.39 is 6.29 Å². The molecule has 2 rings (SSSR count). The van der Waals surface area contributed by atoms with Gasteiger partial charge in [0.1, 0.15) is 0 Å². The van der Waals surface area contributed by atoms with Crippen LogP contribution in [0.4, 0.5) is 0 Å². The Labute approximate surface area is 126 Å². The van der Waals surface area contributed by atoms with Gasteiger partial charge < -0.3 is 19.1 Å². The summed E-state index contributed by atoms with van der Waals surface area (Å²) in [6.07, 6.45) is -0.428. The molecule has 118 valence electrons. The molecule has 0 unspecified atom stereocenters. The van der Waals surface area contributed by atoms with Gasteiger partial charge in [-0.1, -0.05) is 11.8 Å². The number of amides is 1. The van der Waals surface area contributed by atoms with Gasteiger partial charge in [-0.2, -0.15) is 0 Å². The molecule has 1 aromatic heterocycles. The van der Waals surface area contributed by atoms with E-state index in [1.54, 1.807) is 23.8 Å². The summed E-state index contributed by atoms with van der Waals surface area (Å²) in [7, 11) is 3.10. The van der Waals surface area contributed by atoms with Gasteiger partial charge in [0, 0.05) is 27.3 Å². The summed E-state index contributed by atoms with van der Waals surface area (Å²) in [5.41, 5.74) is 0. The number of carbonyl (C=O) groups excluding carboxylic acids is 1. The van der Waals surface area contributed by atoms with E-state index in [1.807, 2.05) is 0 Å². The van der Waals surface area contributed by atoms with Gasteiger partial charge in [-0.05, 0) is 10.4 Å². The predicted molar refractivity (Wildman–Crippen MR) is 73.7 cm³/mol. The van der Waals surface area contributed by atoms with E-state index >= 15 is 0 Å². The third-order valence-electron chi connectivity index (χ3n) is 3.04. The van der Waals surface area contributed by atoms with Gasteiger partial charge in [0.2, 0.25) is 11.1 Å². The second-order valence-corrected chi connectivity index (χ2v) is 5.27. The fourth-order valence-electron chi connectivity index (χ4n) is 1.83. The highest BCUT2D eigenvalue weighted by atomic mass is 32.2. The molecule has 0 spiro atoms. The maximum absolute atomic E-state index is 12.1. The molecule has 1 fully saturated rings. The second kappa shape index (κ2) is 8.27. The van der Waals surface area contributed by atoms with Crippen LogP contribution in [0.1, 0.15) is 0 Å². The zero-order chi connectivity index (χ0) is 15.1. The van der Waals surface area contributed by atoms with Crippen LogP contribution in [-0.4, -0.2) is 83.6 Å². The fraction of sp³-hybridized carbons (Fsp3) is 0.818. The van der Waals surface area contributed by atoms with E-state index in [2.05, 4.69) is 15.5 Å². The molecule has 0 atom stereocenters. The smallest absolute Gasteiger partial charge is 0.233 e. The highest BCUT2D eigenvalue weighted by Gasteiger charge is 2.19. The molecule has 1 aliphatic rings. The van der Waals surface area contributed by atoms with Crippen LogP contribution >= 0.6 is 11.8 Å². The van der Waals surface area contributed by atoms with Gasteiger partial charge in [-0.3, -0.25) is 4.79 Å². The number of thioether (sulfide) groups is 1. The van der Waals surface area contributed by atoms with E-state index in [0.29, 0.717) is 43.8 Å². The first kappa shape index (κ1) is 16.1. The van der Waals surface area contributed by atoms with Crippen molar-refractivity contribution in [2.75, 3.05) is 46.3 Å². The summed E-state index contributed by atoms with van der Waals surface area (Å²) >= 11 is 1.30. The van der Waals surface area contributed by atoms with Crippen molar-refractivity contribution in [3.63, 3.8) is 0 Å². The lowest BCUT2D eigenvalue weighted by molar-refractivity contribution is -0.132. The van der Waals surface area contributed by atoms with Gasteiger partial charge in [-0.15, -0.1) is 5.10 Å². The molecule has 2 heterocycles. The third kappa shape index (κ3) is 4.63. The lowest BCUT2D eigenvalue weighted by atomic mass is 10.4. The molecule has 1 aromatic rings. The molecular weight excluding hydrogens is 298 g/mol. The molecule has 0 aliphatic carbocycles. The van der Waals surface area contributed by atoms with Crippen molar-refractivity contribution in [1.29, 1.82) is 0 Å². The highest BCUT2D eigenvalue weighted by molar-refractivity contribution is 7.99. The van der Waals surface area contributed by atoms with Crippen LogP contribution in [0.25, 0.3) is 0 Å². The van der Waals surface area contributed by atoms with Crippen LogP contribution in [0.2, 0.25) is 0 Å². The molecule has 9 nitrogen and oxygen atoms in total. The molecule has 0 aromatic carbocycles. The minimum atomic E-state index is -0.428. The number of aromatic nitrogens is 4. The molecule has 1 saturated heterocycles. The molecule has 21 heavy (non-hydrogen) atoms. The summed E-state index contributed by atoms with van der Waals surface area (Å²) < 4.78 is 17.0. The van der Waals surface area contributed by atoms with Crippen molar-refractivity contribution in [1.82, 2.24) is 25.1 Å². The predicted octanol–water partition coefficient (Wildman–Crippen LogP) is -0.757. The third-order valence-corrected chi connectivity index (χ3v) is 3.98. The number of ether oxygens (including phenoxy) is 3. The first-order valence-electron chi connectivity index (χ1n) is 6.54. The average Bonchev–Trinajstić information content (AvgIpc) is 2.98. The standard InChI is InChI=1S/C11H19N5O4S/c1-18-10(19-2)7-16-11(12-13-14-16)21-8-9(17)15-3-5-20-6-4-15/h10H,3-8H2,1-2H3. The number of hydrogen-bond acceptors (Lipinski definition) is 8. The maximum atomic E-state index is 12.1. The van der Waals surface area contributed by atoms with Crippen molar-refractivity contribution < 1.29 is 19.0 Å². The van der Waals surface area contributed by atoms with Gasteiger partial charge in [-0.25, -0.2) is 4.68 Å². The first-order valence-corrected chi connectivity index (χ1v) is 7.53. The number of methoxy groups -OCH3 is 2. The molecule has 1 amide bonds. The van der Waals surface area contributed by atoms with Crippen LogP contribution in [0, 0.1) is 0 Å². The Hall–Kier alpha value is -1.23. The van der Waals surface area contributed by atoms with Crippen molar-refractivity contribution in [3.8, 4) is 0 Å². The molecule has 10 heteroatoms. The Balaban J connectivity index is 1.85. The van der Waals surface area contributed by atoms with Crippen LogP contribution in [-0.2, 0) is 25.5 Å². The molecule has 0 radical (unpaired) electrons. The van der Waals surface area contributed by atoms with Crippen LogP contribution in [0.5, 0.6) is 0 Å². The minimum absolute atomic E-state index is 0.0629. The van der Waals surface area contributed by atoms with E-state index in [-0.39, 0.29) is 5.91 Å². The zero-order valence-corrected chi connectivity index (χ0v) is 12.9. The Morgan fingerprint density at radius 2 is 2.10 bits per heavy atom. The summed E-state index contributed by atoms with van der Waals surface area (Å²) in [5, 5.41) is 12.0. The summed E-state index contributed by atoms with van der Waals surface area (Å²) in [4.78, 5) is 13.9. The Bertz CT molecular complexity index is 448. The molecular formula is C11H19N5O4S. The van der Waals surface area contributed by atoms with Crippen LogP contribution in [0.15, 0.2) is 5.16 Å². The van der Waals surface area contributed by atoms with Crippen molar-refractivity contribution in [2.45, 2.75) is 18.0 Å². The molecule has 0 bridgehead atoms. The SMILES string of the molecule is COC(Cn1nnnc1SCC(=O)N1CCOCC1)OC. The fourth-order valence-corrected chi connectivity index (χ4v) is 2.62. The maximum Gasteiger partial charge on any atom is 0.233 e. The number of hydrogen-bond donors (Lipinski definition) is 0. The first-order chi connectivity index (χ1) is 10.2. The number of carbonyl (C=O) groups is 1. The second-order valence-electron chi connectivity index (χ2n) is 4.33. The Morgan fingerprint density at radius 1 is 1.38 bits per heavy atom. The quantitative estimate of drug-likeness (QED) is 0.479. The Morgan fingerprint density at radius 3 is 2.76 bits per heavy atom. The average molecular weight is 317 g/mol. The van der Waals surface area contributed by atoms with Gasteiger partial charge in [0.25, 0.3) is 0 Å². The topological polar surface area (TPSA) is 91.6 Å². The lowest BCUT2D eigenvalue weighted by Crippen LogP contribution is -2.41. The van der Waals surface area contributed by atoms with Crippen LogP contribution in [0.3, 0.4) is 0 Å². The van der Waals surface area contributed by atoms with Gasteiger partial charge >= 0.3 is 0 Å². The summed E-state index contributed by atoms with van der Waals surface area (Å²) in [5.74, 6) is 0.359. The number of nitrogens with zero attached hydrogens (tertiary/aromatic N) is 5. The van der Waals surface area contributed by atoms with E-state index in [4.69, 9.17) is 14.2 Å². The van der Waals surface area contributed by atoms with Gasteiger partial charge in [0.05, 0.1) is 25.5 Å². The van der Waals surface area contributed by atoms with Crippen molar-refractivity contribution >= 4 is 17.7 Å². The number of tetrazole rings is 1. The zero-order valence-electron chi connectivity index (χ0n) is 12.1.